The van der Waals surface area contributed by atoms with E-state index in [1.807, 2.05) is 0 Å². The van der Waals surface area contributed by atoms with Gasteiger partial charge < -0.3 is 9.47 Å². The van der Waals surface area contributed by atoms with Gasteiger partial charge in [0.25, 0.3) is 0 Å². The third-order valence-electron chi connectivity index (χ3n) is 4.78. The summed E-state index contributed by atoms with van der Waals surface area (Å²) >= 11 is 0. The third-order valence-corrected chi connectivity index (χ3v) is 4.78. The van der Waals surface area contributed by atoms with Crippen LogP contribution in [0.15, 0.2) is 72.8 Å². The van der Waals surface area contributed by atoms with Gasteiger partial charge in [0.15, 0.2) is 11.6 Å². The van der Waals surface area contributed by atoms with Gasteiger partial charge in [0.05, 0.1) is 11.1 Å². The number of hydrogen-bond donors (Lipinski definition) is 0. The Labute approximate surface area is 185 Å². The summed E-state index contributed by atoms with van der Waals surface area (Å²) in [5.41, 5.74) is 1.15. The van der Waals surface area contributed by atoms with E-state index in [1.165, 1.54) is 36.4 Å². The minimum Gasteiger partial charge on any atom is -0.423 e. The summed E-state index contributed by atoms with van der Waals surface area (Å²) in [5.74, 6) is -0.970. The van der Waals surface area contributed by atoms with E-state index >= 15 is 0 Å². The first-order chi connectivity index (χ1) is 15.4. The SMILES string of the molecule is CCC(=O)c1ccc(OC(=O)c2ccccc2C(=O)Oc2ccc(C(=O)CC)cc2)cc1. The van der Waals surface area contributed by atoms with Crippen molar-refractivity contribution < 1.29 is 28.7 Å². The highest BCUT2D eigenvalue weighted by Crippen LogP contribution is 2.20. The predicted octanol–water partition coefficient (Wildman–Crippen LogP) is 5.31. The van der Waals surface area contributed by atoms with Crippen LogP contribution in [0.25, 0.3) is 0 Å². The Morgan fingerprint density at radius 3 is 1.22 bits per heavy atom. The summed E-state index contributed by atoms with van der Waals surface area (Å²) in [6.45, 7) is 3.54. The second-order valence-corrected chi connectivity index (χ2v) is 6.93. The van der Waals surface area contributed by atoms with Crippen LogP contribution in [-0.2, 0) is 0 Å². The van der Waals surface area contributed by atoms with E-state index in [0.29, 0.717) is 24.0 Å². The van der Waals surface area contributed by atoms with Crippen LogP contribution in [0.5, 0.6) is 11.5 Å². The predicted molar refractivity (Wildman–Crippen MR) is 118 cm³/mol. The number of hydrogen-bond acceptors (Lipinski definition) is 6. The van der Waals surface area contributed by atoms with Gasteiger partial charge in [-0.2, -0.15) is 0 Å². The number of rotatable bonds is 8. The molecule has 0 atom stereocenters. The van der Waals surface area contributed by atoms with Crippen molar-refractivity contribution in [1.29, 1.82) is 0 Å². The molecule has 0 aliphatic heterocycles. The van der Waals surface area contributed by atoms with Crippen molar-refractivity contribution >= 4 is 23.5 Å². The lowest BCUT2D eigenvalue weighted by Crippen LogP contribution is -2.17. The Balaban J connectivity index is 1.74. The zero-order chi connectivity index (χ0) is 23.1. The topological polar surface area (TPSA) is 86.7 Å². The van der Waals surface area contributed by atoms with Gasteiger partial charge in [-0.3, -0.25) is 9.59 Å². The minimum absolute atomic E-state index is 0.0111. The van der Waals surface area contributed by atoms with Crippen LogP contribution in [0.1, 0.15) is 68.1 Å². The number of Topliss-reactive ketones (excluding diaryl/α,β-unsaturated/α-hetero) is 2. The molecule has 32 heavy (non-hydrogen) atoms. The molecular formula is C26H22O6. The summed E-state index contributed by atoms with van der Waals surface area (Å²) < 4.78 is 10.7. The van der Waals surface area contributed by atoms with Gasteiger partial charge >= 0.3 is 11.9 Å². The number of ketones is 2. The second-order valence-electron chi connectivity index (χ2n) is 6.93. The molecule has 0 aromatic heterocycles. The molecule has 0 radical (unpaired) electrons. The Kier molecular flexibility index (Phi) is 7.29. The van der Waals surface area contributed by atoms with Crippen molar-refractivity contribution in [3.05, 3.63) is 95.1 Å². The lowest BCUT2D eigenvalue weighted by atomic mass is 10.1. The van der Waals surface area contributed by atoms with Crippen molar-refractivity contribution in [1.82, 2.24) is 0 Å². The highest BCUT2D eigenvalue weighted by Gasteiger charge is 2.20. The summed E-state index contributed by atoms with van der Waals surface area (Å²) in [6.07, 6.45) is 0.762. The normalized spacial score (nSPS) is 10.3. The van der Waals surface area contributed by atoms with Crippen LogP contribution in [0, 0.1) is 0 Å². The number of carbonyl (C=O) groups is 4. The maximum Gasteiger partial charge on any atom is 0.344 e. The Bertz CT molecular complexity index is 1050. The van der Waals surface area contributed by atoms with Crippen molar-refractivity contribution in [2.45, 2.75) is 26.7 Å². The molecule has 0 N–H and O–H groups in total. The lowest BCUT2D eigenvalue weighted by molar-refractivity contribution is 0.0692. The van der Waals surface area contributed by atoms with E-state index in [2.05, 4.69) is 0 Å². The molecule has 0 heterocycles. The van der Waals surface area contributed by atoms with E-state index in [0.717, 1.165) is 0 Å². The summed E-state index contributed by atoms with van der Waals surface area (Å²) in [4.78, 5) is 48.8. The first kappa shape index (κ1) is 22.6. The third kappa shape index (κ3) is 5.35. The molecule has 0 saturated heterocycles. The molecule has 0 aliphatic carbocycles. The van der Waals surface area contributed by atoms with Crippen molar-refractivity contribution in [3.63, 3.8) is 0 Å². The van der Waals surface area contributed by atoms with E-state index in [9.17, 15) is 19.2 Å². The van der Waals surface area contributed by atoms with Crippen LogP contribution in [-0.4, -0.2) is 23.5 Å². The molecule has 162 valence electrons. The van der Waals surface area contributed by atoms with Crippen molar-refractivity contribution in [2.24, 2.45) is 0 Å². The molecule has 6 nitrogen and oxygen atoms in total. The van der Waals surface area contributed by atoms with Gasteiger partial charge in [-0.25, -0.2) is 9.59 Å². The fourth-order valence-corrected chi connectivity index (χ4v) is 2.99. The van der Waals surface area contributed by atoms with Gasteiger partial charge in [0, 0.05) is 24.0 Å². The number of ether oxygens (including phenoxy) is 2. The zero-order valence-corrected chi connectivity index (χ0v) is 17.8. The molecular weight excluding hydrogens is 408 g/mol. The summed E-state index contributed by atoms with van der Waals surface area (Å²) in [7, 11) is 0. The monoisotopic (exact) mass is 430 g/mol. The first-order valence-electron chi connectivity index (χ1n) is 10.2. The molecule has 0 spiro atoms. The maximum atomic E-state index is 12.7. The molecule has 3 rings (SSSR count). The molecule has 3 aromatic rings. The van der Waals surface area contributed by atoms with E-state index in [-0.39, 0.29) is 34.2 Å². The van der Waals surface area contributed by atoms with Crippen molar-refractivity contribution in [3.8, 4) is 11.5 Å². The molecule has 6 heteroatoms. The molecule has 0 aliphatic rings. The molecule has 0 fully saturated rings. The molecule has 0 amide bonds. The van der Waals surface area contributed by atoms with Crippen LogP contribution in [0.3, 0.4) is 0 Å². The zero-order valence-electron chi connectivity index (χ0n) is 17.8. The van der Waals surface area contributed by atoms with Gasteiger partial charge in [-0.1, -0.05) is 26.0 Å². The van der Waals surface area contributed by atoms with Crippen molar-refractivity contribution in [2.75, 3.05) is 0 Å². The largest absolute Gasteiger partial charge is 0.423 e. The number of carbonyl (C=O) groups excluding carboxylic acids is 4. The molecule has 0 saturated carbocycles. The summed E-state index contributed by atoms with van der Waals surface area (Å²) in [6, 6.07) is 18.6. The quantitative estimate of drug-likeness (QED) is 0.273. The number of esters is 2. The van der Waals surface area contributed by atoms with E-state index in [1.54, 1.807) is 50.2 Å². The molecule has 0 unspecified atom stereocenters. The summed E-state index contributed by atoms with van der Waals surface area (Å²) in [5, 5.41) is 0. The minimum atomic E-state index is -0.726. The van der Waals surface area contributed by atoms with Crippen LogP contribution < -0.4 is 9.47 Å². The average Bonchev–Trinajstić information content (AvgIpc) is 2.83. The second kappa shape index (κ2) is 10.3. The van der Waals surface area contributed by atoms with E-state index in [4.69, 9.17) is 9.47 Å². The van der Waals surface area contributed by atoms with E-state index < -0.39 is 11.9 Å². The number of benzene rings is 3. The standard InChI is InChI=1S/C26H22O6/c1-3-23(27)17-9-13-19(14-10-17)31-25(29)21-7-5-6-8-22(21)26(30)32-20-15-11-18(12-16-20)24(28)4-2/h5-16H,3-4H2,1-2H3. The van der Waals surface area contributed by atoms with Gasteiger partial charge in [0.1, 0.15) is 11.5 Å². The highest BCUT2D eigenvalue weighted by atomic mass is 16.5. The molecule has 3 aromatic carbocycles. The lowest BCUT2D eigenvalue weighted by Gasteiger charge is -2.10. The Hall–Kier alpha value is -4.06. The van der Waals surface area contributed by atoms with Crippen LogP contribution in [0.4, 0.5) is 0 Å². The van der Waals surface area contributed by atoms with Crippen LogP contribution in [0.2, 0.25) is 0 Å². The highest BCUT2D eigenvalue weighted by molar-refractivity contribution is 6.04. The average molecular weight is 430 g/mol. The smallest absolute Gasteiger partial charge is 0.344 e. The Morgan fingerprint density at radius 1 is 0.562 bits per heavy atom. The van der Waals surface area contributed by atoms with Gasteiger partial charge in [-0.05, 0) is 60.7 Å². The van der Waals surface area contributed by atoms with Gasteiger partial charge in [-0.15, -0.1) is 0 Å². The fourth-order valence-electron chi connectivity index (χ4n) is 2.99. The first-order valence-corrected chi connectivity index (χ1v) is 10.2. The molecule has 0 bridgehead atoms. The Morgan fingerprint density at radius 2 is 0.906 bits per heavy atom. The van der Waals surface area contributed by atoms with Crippen LogP contribution >= 0.6 is 0 Å². The van der Waals surface area contributed by atoms with Gasteiger partial charge in [0.2, 0.25) is 0 Å². The maximum absolute atomic E-state index is 12.7. The fraction of sp³-hybridized carbons (Fsp3) is 0.154.